The molecule has 3 rings (SSSR count). The summed E-state index contributed by atoms with van der Waals surface area (Å²) in [4.78, 5) is 16.8. The fourth-order valence-electron chi connectivity index (χ4n) is 2.10. The summed E-state index contributed by atoms with van der Waals surface area (Å²) in [7, 11) is -3.28. The molecule has 0 radical (unpaired) electrons. The number of rotatable bonds is 4. The van der Waals surface area contributed by atoms with E-state index in [4.69, 9.17) is 0 Å². The first-order chi connectivity index (χ1) is 11.2. The molecule has 0 saturated carbocycles. The van der Waals surface area contributed by atoms with E-state index in [9.17, 15) is 13.2 Å². The van der Waals surface area contributed by atoms with Crippen molar-refractivity contribution in [2.24, 2.45) is 0 Å². The molecule has 2 aromatic heterocycles. The highest BCUT2D eigenvalue weighted by Crippen LogP contribution is 2.28. The molecule has 0 bridgehead atoms. The van der Waals surface area contributed by atoms with Crippen LogP contribution in [0.1, 0.15) is 30.4 Å². The monoisotopic (exact) mass is 364 g/mol. The van der Waals surface area contributed by atoms with Gasteiger partial charge in [0.15, 0.2) is 20.7 Å². The summed E-state index contributed by atoms with van der Waals surface area (Å²) in [5.74, 6) is -0.350. The minimum atomic E-state index is -3.28. The number of fused-ring (bicyclic) bond motifs is 1. The van der Waals surface area contributed by atoms with Gasteiger partial charge in [-0.3, -0.25) is 14.8 Å². The number of nitrogens with zero attached hydrogens (tertiary/aromatic N) is 3. The van der Waals surface area contributed by atoms with Crippen molar-refractivity contribution < 1.29 is 13.2 Å². The molecule has 7 nitrogen and oxygen atoms in total. The fourth-order valence-corrected chi connectivity index (χ4v) is 3.72. The Balaban J connectivity index is 1.85. The van der Waals surface area contributed by atoms with E-state index in [2.05, 4.69) is 15.4 Å². The Hall–Kier alpha value is -2.26. The molecule has 3 aromatic rings. The molecule has 2 heterocycles. The van der Waals surface area contributed by atoms with Crippen molar-refractivity contribution in [1.82, 2.24) is 14.8 Å². The lowest BCUT2D eigenvalue weighted by molar-refractivity contribution is 0.102. The molecule has 1 aromatic carbocycles. The van der Waals surface area contributed by atoms with Gasteiger partial charge in [0, 0.05) is 18.5 Å². The normalized spacial score (nSPS) is 12.0. The van der Waals surface area contributed by atoms with Gasteiger partial charge in [-0.05, 0) is 38.1 Å². The zero-order valence-corrected chi connectivity index (χ0v) is 15.0. The van der Waals surface area contributed by atoms with E-state index in [1.54, 1.807) is 29.1 Å². The number of amides is 1. The van der Waals surface area contributed by atoms with Crippen LogP contribution in [0.2, 0.25) is 0 Å². The Labute approximate surface area is 143 Å². The second kappa shape index (κ2) is 5.99. The molecule has 0 spiro atoms. The van der Waals surface area contributed by atoms with Crippen LogP contribution in [-0.4, -0.2) is 35.3 Å². The molecule has 9 heteroatoms. The summed E-state index contributed by atoms with van der Waals surface area (Å²) < 4.78 is 25.6. The molecule has 1 N–H and O–H groups in total. The van der Waals surface area contributed by atoms with Crippen LogP contribution in [0.3, 0.4) is 0 Å². The largest absolute Gasteiger partial charge is 0.296 e. The minimum absolute atomic E-state index is 0.170. The average Bonchev–Trinajstić information content (AvgIpc) is 3.11. The summed E-state index contributed by atoms with van der Waals surface area (Å²) in [5, 5.41) is 7.31. The Bertz CT molecular complexity index is 1020. The lowest BCUT2D eigenvalue weighted by Crippen LogP contribution is -2.13. The molecule has 0 aliphatic carbocycles. The predicted octanol–water partition coefficient (Wildman–Crippen LogP) is 2.73. The van der Waals surface area contributed by atoms with E-state index in [1.807, 2.05) is 13.8 Å². The van der Waals surface area contributed by atoms with Crippen molar-refractivity contribution in [3.63, 3.8) is 0 Å². The molecule has 0 atom stereocenters. The zero-order valence-electron chi connectivity index (χ0n) is 13.3. The van der Waals surface area contributed by atoms with Crippen molar-refractivity contribution in [1.29, 1.82) is 0 Å². The number of nitrogens with one attached hydrogen (secondary N) is 1. The maximum atomic E-state index is 12.2. The van der Waals surface area contributed by atoms with Gasteiger partial charge in [-0.1, -0.05) is 11.3 Å². The Morgan fingerprint density at radius 1 is 1.29 bits per heavy atom. The van der Waals surface area contributed by atoms with Crippen LogP contribution in [0.4, 0.5) is 5.13 Å². The van der Waals surface area contributed by atoms with E-state index in [0.717, 1.165) is 6.26 Å². The van der Waals surface area contributed by atoms with Gasteiger partial charge in [0.05, 0.1) is 15.1 Å². The molecular formula is C15H16N4O3S2. The first-order valence-electron chi connectivity index (χ1n) is 7.21. The molecule has 0 unspecified atom stereocenters. The molecule has 0 aliphatic heterocycles. The smallest absolute Gasteiger partial charge is 0.277 e. The highest BCUT2D eigenvalue weighted by atomic mass is 32.2. The number of anilines is 1. The van der Waals surface area contributed by atoms with Crippen molar-refractivity contribution in [2.75, 3.05) is 11.6 Å². The second-order valence-corrected chi connectivity index (χ2v) is 8.70. The number of hydrogen-bond donors (Lipinski definition) is 1. The number of aromatic nitrogens is 3. The molecule has 24 heavy (non-hydrogen) atoms. The number of carbonyl (C=O) groups is 1. The van der Waals surface area contributed by atoms with Gasteiger partial charge in [-0.25, -0.2) is 13.4 Å². The van der Waals surface area contributed by atoms with Gasteiger partial charge in [0.25, 0.3) is 5.91 Å². The van der Waals surface area contributed by atoms with Crippen LogP contribution in [0.25, 0.3) is 10.2 Å². The van der Waals surface area contributed by atoms with E-state index >= 15 is 0 Å². The highest BCUT2D eigenvalue weighted by Gasteiger charge is 2.15. The van der Waals surface area contributed by atoms with E-state index in [1.165, 1.54) is 17.4 Å². The number of sulfone groups is 1. The van der Waals surface area contributed by atoms with Crippen molar-refractivity contribution in [2.45, 2.75) is 24.8 Å². The number of hydrogen-bond acceptors (Lipinski definition) is 6. The lowest BCUT2D eigenvalue weighted by atomic mass is 10.3. The Morgan fingerprint density at radius 3 is 2.67 bits per heavy atom. The second-order valence-electron chi connectivity index (χ2n) is 5.65. The van der Waals surface area contributed by atoms with Gasteiger partial charge < -0.3 is 0 Å². The van der Waals surface area contributed by atoms with Crippen LogP contribution in [0.5, 0.6) is 0 Å². The summed E-state index contributed by atoms with van der Waals surface area (Å²) in [6.45, 7) is 3.95. The molecular weight excluding hydrogens is 348 g/mol. The van der Waals surface area contributed by atoms with Crippen molar-refractivity contribution in [3.05, 3.63) is 36.2 Å². The van der Waals surface area contributed by atoms with Crippen molar-refractivity contribution in [3.8, 4) is 0 Å². The third-order valence-electron chi connectivity index (χ3n) is 3.38. The molecule has 0 saturated heterocycles. The SMILES string of the molecule is CC(C)n1ccc(C(=O)Nc2nc3ccc(S(C)(=O)=O)cc3s2)n1. The topological polar surface area (TPSA) is 94.0 Å². The average molecular weight is 364 g/mol. The summed E-state index contributed by atoms with van der Waals surface area (Å²) >= 11 is 1.22. The number of carbonyl (C=O) groups excluding carboxylic acids is 1. The third kappa shape index (κ3) is 3.31. The first kappa shape index (κ1) is 16.6. The fraction of sp³-hybridized carbons (Fsp3) is 0.267. The number of thiazole rings is 1. The maximum Gasteiger partial charge on any atom is 0.277 e. The van der Waals surface area contributed by atoms with Crippen LogP contribution < -0.4 is 5.32 Å². The molecule has 0 fully saturated rings. The van der Waals surface area contributed by atoms with Gasteiger partial charge >= 0.3 is 0 Å². The van der Waals surface area contributed by atoms with E-state index < -0.39 is 9.84 Å². The van der Waals surface area contributed by atoms with Crippen LogP contribution >= 0.6 is 11.3 Å². The standard InChI is InChI=1S/C15H16N4O3S2/c1-9(2)19-7-6-12(18-19)14(20)17-15-16-11-5-4-10(24(3,21)22)8-13(11)23-15/h4-9H,1-3H3,(H,16,17,20). The maximum absolute atomic E-state index is 12.2. The van der Waals surface area contributed by atoms with Gasteiger partial charge in [-0.2, -0.15) is 5.10 Å². The number of benzene rings is 1. The van der Waals surface area contributed by atoms with Crippen molar-refractivity contribution >= 4 is 42.4 Å². The molecule has 1 amide bonds. The minimum Gasteiger partial charge on any atom is -0.296 e. The quantitative estimate of drug-likeness (QED) is 0.768. The highest BCUT2D eigenvalue weighted by molar-refractivity contribution is 7.90. The zero-order chi connectivity index (χ0) is 17.5. The first-order valence-corrected chi connectivity index (χ1v) is 9.92. The summed E-state index contributed by atoms with van der Waals surface area (Å²) in [6.07, 6.45) is 2.90. The van der Waals surface area contributed by atoms with E-state index in [0.29, 0.717) is 21.0 Å². The van der Waals surface area contributed by atoms with Gasteiger partial charge in [-0.15, -0.1) is 0 Å². The Kier molecular flexibility index (Phi) is 4.14. The summed E-state index contributed by atoms with van der Waals surface area (Å²) in [5.41, 5.74) is 0.940. The van der Waals surface area contributed by atoms with Crippen LogP contribution in [0.15, 0.2) is 35.4 Å². The van der Waals surface area contributed by atoms with Crippen LogP contribution in [0, 0.1) is 0 Å². The Morgan fingerprint density at radius 2 is 2.04 bits per heavy atom. The third-order valence-corrected chi connectivity index (χ3v) is 5.42. The molecule has 126 valence electrons. The van der Waals surface area contributed by atoms with Gasteiger partial charge in [0.2, 0.25) is 0 Å². The van der Waals surface area contributed by atoms with Crippen LogP contribution in [-0.2, 0) is 9.84 Å². The lowest BCUT2D eigenvalue weighted by Gasteiger charge is -2.03. The van der Waals surface area contributed by atoms with Gasteiger partial charge in [0.1, 0.15) is 0 Å². The molecule has 0 aliphatic rings. The predicted molar refractivity (Wildman–Crippen MR) is 93.3 cm³/mol. The summed E-state index contributed by atoms with van der Waals surface area (Å²) in [6, 6.07) is 6.51. The van der Waals surface area contributed by atoms with E-state index in [-0.39, 0.29) is 16.8 Å².